The summed E-state index contributed by atoms with van der Waals surface area (Å²) in [5, 5.41) is 12.5. The number of amides is 3. The summed E-state index contributed by atoms with van der Waals surface area (Å²) in [5.74, 6) is 0.652. The maximum atomic E-state index is 12.6. The van der Waals surface area contributed by atoms with Gasteiger partial charge in [0.15, 0.2) is 0 Å². The SMILES string of the molecule is CCN(CC)C(CNC(=O)N1CCN(C(=O)c2ccc(O)cc2)CC1)CC(C)C. The Morgan fingerprint density at radius 3 is 2.10 bits per heavy atom. The van der Waals surface area contributed by atoms with Crippen LogP contribution in [0, 0.1) is 5.92 Å². The van der Waals surface area contributed by atoms with Gasteiger partial charge in [-0.05, 0) is 49.7 Å². The minimum absolute atomic E-state index is 0.0531. The number of rotatable bonds is 8. The molecule has 0 aromatic heterocycles. The van der Waals surface area contributed by atoms with E-state index >= 15 is 0 Å². The number of hydrogen-bond acceptors (Lipinski definition) is 4. The molecule has 2 rings (SSSR count). The lowest BCUT2D eigenvalue weighted by molar-refractivity contribution is 0.0663. The summed E-state index contributed by atoms with van der Waals surface area (Å²) in [5.41, 5.74) is 0.552. The van der Waals surface area contributed by atoms with Crippen LogP contribution in [0.15, 0.2) is 24.3 Å². The monoisotopic (exact) mass is 404 g/mol. The summed E-state index contributed by atoms with van der Waals surface area (Å²) < 4.78 is 0. The second-order valence-corrected chi connectivity index (χ2v) is 8.02. The number of benzene rings is 1. The van der Waals surface area contributed by atoms with Crippen molar-refractivity contribution in [2.75, 3.05) is 45.8 Å². The van der Waals surface area contributed by atoms with Crippen LogP contribution in [0.3, 0.4) is 0 Å². The van der Waals surface area contributed by atoms with Gasteiger partial charge < -0.3 is 20.2 Å². The van der Waals surface area contributed by atoms with Crippen LogP contribution in [0.4, 0.5) is 4.79 Å². The second kappa shape index (κ2) is 11.0. The van der Waals surface area contributed by atoms with Crippen molar-refractivity contribution in [1.82, 2.24) is 20.0 Å². The van der Waals surface area contributed by atoms with E-state index in [4.69, 9.17) is 0 Å². The van der Waals surface area contributed by atoms with E-state index in [0.717, 1.165) is 19.5 Å². The van der Waals surface area contributed by atoms with E-state index in [9.17, 15) is 14.7 Å². The Balaban J connectivity index is 1.84. The topological polar surface area (TPSA) is 76.1 Å². The molecule has 162 valence electrons. The highest BCUT2D eigenvalue weighted by atomic mass is 16.3. The number of nitrogens with one attached hydrogen (secondary N) is 1. The number of likely N-dealkylation sites (N-methyl/N-ethyl adjacent to an activating group) is 1. The molecule has 7 heteroatoms. The largest absolute Gasteiger partial charge is 0.508 e. The summed E-state index contributed by atoms with van der Waals surface area (Å²) in [6.07, 6.45) is 1.05. The number of nitrogens with zero attached hydrogens (tertiary/aromatic N) is 3. The van der Waals surface area contributed by atoms with Crippen molar-refractivity contribution in [3.05, 3.63) is 29.8 Å². The number of aromatic hydroxyl groups is 1. The molecule has 2 N–H and O–H groups in total. The van der Waals surface area contributed by atoms with E-state index in [2.05, 4.69) is 37.9 Å². The molecule has 0 radical (unpaired) electrons. The van der Waals surface area contributed by atoms with Crippen LogP contribution in [0.1, 0.15) is 44.5 Å². The van der Waals surface area contributed by atoms with Crippen molar-refractivity contribution in [1.29, 1.82) is 0 Å². The fourth-order valence-electron chi connectivity index (χ4n) is 3.86. The zero-order valence-corrected chi connectivity index (χ0v) is 18.2. The zero-order valence-electron chi connectivity index (χ0n) is 18.2. The first-order chi connectivity index (χ1) is 13.8. The summed E-state index contributed by atoms with van der Waals surface area (Å²) >= 11 is 0. The highest BCUT2D eigenvalue weighted by Crippen LogP contribution is 2.14. The molecule has 1 aromatic carbocycles. The molecule has 1 atom stereocenters. The molecule has 1 aromatic rings. The van der Waals surface area contributed by atoms with Gasteiger partial charge in [0, 0.05) is 44.3 Å². The number of hydrogen-bond donors (Lipinski definition) is 2. The van der Waals surface area contributed by atoms with Crippen molar-refractivity contribution in [3.63, 3.8) is 0 Å². The predicted octanol–water partition coefficient (Wildman–Crippen LogP) is 2.62. The van der Waals surface area contributed by atoms with Crippen molar-refractivity contribution >= 4 is 11.9 Å². The third-order valence-corrected chi connectivity index (χ3v) is 5.53. The van der Waals surface area contributed by atoms with E-state index < -0.39 is 0 Å². The van der Waals surface area contributed by atoms with Crippen LogP contribution in [0.5, 0.6) is 5.75 Å². The highest BCUT2D eigenvalue weighted by Gasteiger charge is 2.26. The Kier molecular flexibility index (Phi) is 8.76. The average Bonchev–Trinajstić information content (AvgIpc) is 2.72. The first kappa shape index (κ1) is 23.0. The lowest BCUT2D eigenvalue weighted by Crippen LogP contribution is -2.54. The van der Waals surface area contributed by atoms with Crippen LogP contribution < -0.4 is 5.32 Å². The van der Waals surface area contributed by atoms with Crippen molar-refractivity contribution in [2.24, 2.45) is 5.92 Å². The molecule has 1 fully saturated rings. The average molecular weight is 405 g/mol. The molecule has 29 heavy (non-hydrogen) atoms. The standard InChI is InChI=1S/C22H36N4O3/c1-5-24(6-2)19(15-17(3)4)16-23-22(29)26-13-11-25(12-14-26)21(28)18-7-9-20(27)10-8-18/h7-10,17,19,27H,5-6,11-16H2,1-4H3,(H,23,29). The molecule has 3 amide bonds. The number of carbonyl (C=O) groups excluding carboxylic acids is 2. The Morgan fingerprint density at radius 1 is 1.03 bits per heavy atom. The van der Waals surface area contributed by atoms with Gasteiger partial charge in [-0.2, -0.15) is 0 Å². The third kappa shape index (κ3) is 6.63. The lowest BCUT2D eigenvalue weighted by atomic mass is 10.0. The fourth-order valence-corrected chi connectivity index (χ4v) is 3.86. The van der Waals surface area contributed by atoms with Gasteiger partial charge in [0.25, 0.3) is 5.91 Å². The van der Waals surface area contributed by atoms with Crippen molar-refractivity contribution < 1.29 is 14.7 Å². The first-order valence-corrected chi connectivity index (χ1v) is 10.7. The molecular formula is C22H36N4O3. The molecule has 0 aliphatic carbocycles. The van der Waals surface area contributed by atoms with Gasteiger partial charge in [-0.1, -0.05) is 27.7 Å². The van der Waals surface area contributed by atoms with Crippen LogP contribution in [0.2, 0.25) is 0 Å². The zero-order chi connectivity index (χ0) is 21.4. The van der Waals surface area contributed by atoms with E-state index in [1.54, 1.807) is 21.9 Å². The fraction of sp³-hybridized carbons (Fsp3) is 0.636. The van der Waals surface area contributed by atoms with Gasteiger partial charge in [0.1, 0.15) is 5.75 Å². The van der Waals surface area contributed by atoms with Crippen LogP contribution in [-0.4, -0.2) is 83.6 Å². The maximum Gasteiger partial charge on any atom is 0.317 e. The van der Waals surface area contributed by atoms with Crippen molar-refractivity contribution in [3.8, 4) is 5.75 Å². The van der Waals surface area contributed by atoms with Crippen LogP contribution in [-0.2, 0) is 0 Å². The Morgan fingerprint density at radius 2 is 1.59 bits per heavy atom. The minimum atomic E-state index is -0.0661. The number of phenolic OH excluding ortho intramolecular Hbond substituents is 1. The molecule has 7 nitrogen and oxygen atoms in total. The molecule has 0 saturated carbocycles. The highest BCUT2D eigenvalue weighted by molar-refractivity contribution is 5.94. The van der Waals surface area contributed by atoms with Gasteiger partial charge in [-0.3, -0.25) is 9.69 Å². The van der Waals surface area contributed by atoms with E-state index in [1.807, 2.05) is 0 Å². The number of piperazine rings is 1. The third-order valence-electron chi connectivity index (χ3n) is 5.53. The van der Waals surface area contributed by atoms with Crippen LogP contribution in [0.25, 0.3) is 0 Å². The molecule has 1 unspecified atom stereocenters. The first-order valence-electron chi connectivity index (χ1n) is 10.7. The van der Waals surface area contributed by atoms with Gasteiger partial charge in [0.2, 0.25) is 0 Å². The molecule has 1 heterocycles. The number of phenols is 1. The quantitative estimate of drug-likeness (QED) is 0.698. The summed E-state index contributed by atoms with van der Waals surface area (Å²) in [6, 6.07) is 6.56. The molecular weight excluding hydrogens is 368 g/mol. The summed E-state index contributed by atoms with van der Waals surface area (Å²) in [7, 11) is 0. The molecule has 0 spiro atoms. The van der Waals surface area contributed by atoms with E-state index in [1.165, 1.54) is 12.1 Å². The van der Waals surface area contributed by atoms with Gasteiger partial charge in [-0.15, -0.1) is 0 Å². The smallest absolute Gasteiger partial charge is 0.317 e. The van der Waals surface area contributed by atoms with Crippen molar-refractivity contribution in [2.45, 2.75) is 40.2 Å². The van der Waals surface area contributed by atoms with E-state index in [-0.39, 0.29) is 17.7 Å². The van der Waals surface area contributed by atoms with Gasteiger partial charge in [-0.25, -0.2) is 4.79 Å². The lowest BCUT2D eigenvalue weighted by Gasteiger charge is -2.36. The predicted molar refractivity (Wildman–Crippen MR) is 115 cm³/mol. The molecule has 1 aliphatic rings. The summed E-state index contributed by atoms with van der Waals surface area (Å²) in [6.45, 7) is 13.4. The van der Waals surface area contributed by atoms with Crippen LogP contribution >= 0.6 is 0 Å². The minimum Gasteiger partial charge on any atom is -0.508 e. The molecule has 0 bridgehead atoms. The Bertz CT molecular complexity index is 651. The summed E-state index contributed by atoms with van der Waals surface area (Å²) in [4.78, 5) is 31.1. The molecule has 1 aliphatic heterocycles. The van der Waals surface area contributed by atoms with E-state index in [0.29, 0.717) is 50.2 Å². The number of carbonyl (C=O) groups is 2. The number of urea groups is 1. The molecule has 1 saturated heterocycles. The Hall–Kier alpha value is -2.28. The second-order valence-electron chi connectivity index (χ2n) is 8.02. The maximum absolute atomic E-state index is 12.6. The van der Waals surface area contributed by atoms with Gasteiger partial charge in [0.05, 0.1) is 0 Å². The normalized spacial score (nSPS) is 15.7. The Labute approximate surface area is 174 Å². The van der Waals surface area contributed by atoms with Gasteiger partial charge >= 0.3 is 6.03 Å².